The van der Waals surface area contributed by atoms with Gasteiger partial charge < -0.3 is 5.32 Å². The minimum absolute atomic E-state index is 0.290. The Bertz CT molecular complexity index is 937. The van der Waals surface area contributed by atoms with E-state index in [2.05, 4.69) is 15.4 Å². The van der Waals surface area contributed by atoms with E-state index in [-0.39, 0.29) is 4.90 Å². The summed E-state index contributed by atoms with van der Waals surface area (Å²) >= 11 is 1.57. The molecule has 0 amide bonds. The molecule has 0 unspecified atom stereocenters. The second kappa shape index (κ2) is 6.15. The fourth-order valence-electron chi connectivity index (χ4n) is 2.33. The van der Waals surface area contributed by atoms with Crippen LogP contribution in [0.15, 0.2) is 29.2 Å². The predicted molar refractivity (Wildman–Crippen MR) is 95.8 cm³/mol. The van der Waals surface area contributed by atoms with Gasteiger partial charge in [-0.25, -0.2) is 22.4 Å². The zero-order valence-electron chi connectivity index (χ0n) is 13.9. The summed E-state index contributed by atoms with van der Waals surface area (Å²) in [5, 5.41) is 8.44. The van der Waals surface area contributed by atoms with Crippen molar-refractivity contribution in [2.45, 2.75) is 18.4 Å². The lowest BCUT2D eigenvalue weighted by Crippen LogP contribution is -2.22. The van der Waals surface area contributed by atoms with Gasteiger partial charge in [0, 0.05) is 27.7 Å². The van der Waals surface area contributed by atoms with Crippen LogP contribution in [0.2, 0.25) is 0 Å². The van der Waals surface area contributed by atoms with Crippen LogP contribution in [-0.4, -0.2) is 41.6 Å². The summed E-state index contributed by atoms with van der Waals surface area (Å²) in [4.78, 5) is 4.82. The van der Waals surface area contributed by atoms with E-state index in [9.17, 15) is 8.42 Å². The van der Waals surface area contributed by atoms with Gasteiger partial charge in [-0.15, -0.1) is 0 Å². The molecule has 0 saturated heterocycles. The van der Waals surface area contributed by atoms with Crippen LogP contribution in [0.5, 0.6) is 0 Å². The van der Waals surface area contributed by atoms with E-state index < -0.39 is 10.0 Å². The fraction of sp³-hybridized carbons (Fsp3) is 0.333. The lowest BCUT2D eigenvalue weighted by atomic mass is 10.2. The van der Waals surface area contributed by atoms with Gasteiger partial charge in [-0.1, -0.05) is 23.5 Å². The number of anilines is 1. The van der Waals surface area contributed by atoms with E-state index >= 15 is 0 Å². The van der Waals surface area contributed by atoms with E-state index in [1.54, 1.807) is 28.2 Å². The van der Waals surface area contributed by atoms with Gasteiger partial charge in [0.25, 0.3) is 0 Å². The zero-order valence-corrected chi connectivity index (χ0v) is 15.6. The molecule has 128 valence electrons. The maximum absolute atomic E-state index is 12.0. The Morgan fingerprint density at radius 3 is 2.50 bits per heavy atom. The van der Waals surface area contributed by atoms with Crippen LogP contribution in [-0.2, 0) is 23.6 Å². The van der Waals surface area contributed by atoms with E-state index in [1.165, 1.54) is 18.4 Å². The van der Waals surface area contributed by atoms with Gasteiger partial charge in [0.2, 0.25) is 10.0 Å². The highest BCUT2D eigenvalue weighted by molar-refractivity contribution is 7.89. The molecule has 24 heavy (non-hydrogen) atoms. The second-order valence-electron chi connectivity index (χ2n) is 5.67. The molecule has 0 spiro atoms. The fourth-order valence-corrected chi connectivity index (χ4v) is 4.16. The normalized spacial score (nSPS) is 12.2. The number of hydrogen-bond donors (Lipinski definition) is 1. The summed E-state index contributed by atoms with van der Waals surface area (Å²) in [6.07, 6.45) is 0. The Hall–Kier alpha value is -1.97. The molecule has 0 saturated carbocycles. The first-order valence-electron chi connectivity index (χ1n) is 7.34. The van der Waals surface area contributed by atoms with Crippen molar-refractivity contribution in [3.63, 3.8) is 0 Å². The summed E-state index contributed by atoms with van der Waals surface area (Å²) < 4.78 is 28.2. The summed E-state index contributed by atoms with van der Waals surface area (Å²) in [6.45, 7) is 2.54. The number of aromatic nitrogens is 3. The van der Waals surface area contributed by atoms with E-state index in [0.29, 0.717) is 6.54 Å². The molecule has 1 aromatic carbocycles. The average molecular weight is 365 g/mol. The van der Waals surface area contributed by atoms with Crippen LogP contribution >= 0.6 is 11.3 Å². The molecule has 1 N–H and O–H groups in total. The maximum atomic E-state index is 12.0. The third-order valence-electron chi connectivity index (χ3n) is 3.69. The van der Waals surface area contributed by atoms with Crippen molar-refractivity contribution in [2.24, 2.45) is 7.05 Å². The third-order valence-corrected chi connectivity index (χ3v) is 6.63. The van der Waals surface area contributed by atoms with Gasteiger partial charge in [-0.2, -0.15) is 5.10 Å². The molecule has 0 atom stereocenters. The van der Waals surface area contributed by atoms with Gasteiger partial charge in [0.1, 0.15) is 0 Å². The van der Waals surface area contributed by atoms with Gasteiger partial charge in [-0.05, 0) is 24.6 Å². The van der Waals surface area contributed by atoms with Crippen molar-refractivity contribution in [3.05, 3.63) is 35.5 Å². The molecular weight excluding hydrogens is 346 g/mol. The molecule has 2 heterocycles. The van der Waals surface area contributed by atoms with Crippen molar-refractivity contribution in [2.75, 3.05) is 19.4 Å². The third kappa shape index (κ3) is 3.02. The monoisotopic (exact) mass is 365 g/mol. The first-order valence-corrected chi connectivity index (χ1v) is 9.60. The molecule has 0 radical (unpaired) electrons. The topological polar surface area (TPSA) is 80.1 Å². The Morgan fingerprint density at radius 1 is 1.25 bits per heavy atom. The summed E-state index contributed by atoms with van der Waals surface area (Å²) in [5.41, 5.74) is 2.82. The SMILES string of the molecule is Cc1nn(C)c2nc(NCc3ccc(S(=O)(=O)N(C)C)cc3)sc12. The van der Waals surface area contributed by atoms with Crippen molar-refractivity contribution in [1.82, 2.24) is 19.1 Å². The van der Waals surface area contributed by atoms with Gasteiger partial charge in [0.05, 0.1) is 15.3 Å². The van der Waals surface area contributed by atoms with Crippen molar-refractivity contribution >= 4 is 36.8 Å². The van der Waals surface area contributed by atoms with Gasteiger partial charge in [0.15, 0.2) is 10.8 Å². The van der Waals surface area contributed by atoms with Crippen molar-refractivity contribution in [3.8, 4) is 0 Å². The van der Waals surface area contributed by atoms with E-state index in [4.69, 9.17) is 0 Å². The van der Waals surface area contributed by atoms with E-state index in [1.807, 2.05) is 26.1 Å². The second-order valence-corrected chi connectivity index (χ2v) is 8.82. The lowest BCUT2D eigenvalue weighted by molar-refractivity contribution is 0.520. The molecule has 3 aromatic rings. The summed E-state index contributed by atoms with van der Waals surface area (Å²) in [7, 11) is 1.54. The minimum Gasteiger partial charge on any atom is -0.357 e. The number of aryl methyl sites for hydroxylation is 2. The lowest BCUT2D eigenvalue weighted by Gasteiger charge is -2.11. The highest BCUT2D eigenvalue weighted by atomic mass is 32.2. The van der Waals surface area contributed by atoms with Crippen LogP contribution < -0.4 is 5.32 Å². The summed E-state index contributed by atoms with van der Waals surface area (Å²) in [6, 6.07) is 6.87. The molecule has 0 aliphatic carbocycles. The highest BCUT2D eigenvalue weighted by Gasteiger charge is 2.16. The Kier molecular flexibility index (Phi) is 4.33. The first-order chi connectivity index (χ1) is 11.3. The molecule has 2 aromatic heterocycles. The Morgan fingerprint density at radius 2 is 1.92 bits per heavy atom. The smallest absolute Gasteiger partial charge is 0.242 e. The number of fused-ring (bicyclic) bond motifs is 1. The number of nitrogens with one attached hydrogen (secondary N) is 1. The number of thiazole rings is 1. The molecule has 0 aliphatic heterocycles. The van der Waals surface area contributed by atoms with Crippen LogP contribution in [0.1, 0.15) is 11.3 Å². The molecule has 3 rings (SSSR count). The van der Waals surface area contributed by atoms with Crippen molar-refractivity contribution < 1.29 is 8.42 Å². The van der Waals surface area contributed by atoms with Crippen LogP contribution in [0.25, 0.3) is 10.3 Å². The quantitative estimate of drug-likeness (QED) is 0.750. The standard InChI is InChI=1S/C15H19N5O2S2/c1-10-13-14(20(4)18-10)17-15(23-13)16-9-11-5-7-12(8-6-11)24(21,22)19(2)3/h5-8H,9H2,1-4H3,(H,16,17). The number of benzene rings is 1. The Balaban J connectivity index is 1.73. The first kappa shape index (κ1) is 16.9. The summed E-state index contributed by atoms with van der Waals surface area (Å²) in [5.74, 6) is 0. The molecule has 0 aliphatic rings. The number of sulfonamides is 1. The number of nitrogens with zero attached hydrogens (tertiary/aromatic N) is 4. The van der Waals surface area contributed by atoms with Crippen molar-refractivity contribution in [1.29, 1.82) is 0 Å². The molecule has 9 heteroatoms. The van der Waals surface area contributed by atoms with Crippen LogP contribution in [0, 0.1) is 6.92 Å². The molecule has 0 bridgehead atoms. The zero-order chi connectivity index (χ0) is 17.5. The molecule has 0 fully saturated rings. The maximum Gasteiger partial charge on any atom is 0.242 e. The van der Waals surface area contributed by atoms with E-state index in [0.717, 1.165) is 26.7 Å². The predicted octanol–water partition coefficient (Wildman–Crippen LogP) is 2.20. The number of hydrogen-bond acceptors (Lipinski definition) is 6. The molecular formula is C15H19N5O2S2. The van der Waals surface area contributed by atoms with Gasteiger partial charge in [-0.3, -0.25) is 0 Å². The Labute approximate surface area is 145 Å². The molecule has 7 nitrogen and oxygen atoms in total. The highest BCUT2D eigenvalue weighted by Crippen LogP contribution is 2.28. The van der Waals surface area contributed by atoms with Crippen LogP contribution in [0.3, 0.4) is 0 Å². The van der Waals surface area contributed by atoms with Gasteiger partial charge >= 0.3 is 0 Å². The van der Waals surface area contributed by atoms with Crippen LogP contribution in [0.4, 0.5) is 5.13 Å². The largest absolute Gasteiger partial charge is 0.357 e. The minimum atomic E-state index is -3.39. The average Bonchev–Trinajstić information content (AvgIpc) is 3.07. The number of rotatable bonds is 5.